The van der Waals surface area contributed by atoms with Crippen LogP contribution in [0.4, 0.5) is 0 Å². The van der Waals surface area contributed by atoms with Gasteiger partial charge in [0.15, 0.2) is 6.04 Å². The number of amides is 1. The fourth-order valence-electron chi connectivity index (χ4n) is 0.989. The van der Waals surface area contributed by atoms with E-state index in [1.165, 1.54) is 18.9 Å². The number of thioether (sulfide) groups is 1. The molecule has 0 radical (unpaired) electrons. The number of carboxylic acids is 1. The molecule has 2 N–H and O–H groups in total. The van der Waals surface area contributed by atoms with Crippen LogP contribution in [0.25, 0.3) is 0 Å². The van der Waals surface area contributed by atoms with E-state index >= 15 is 0 Å². The van der Waals surface area contributed by atoms with E-state index in [2.05, 4.69) is 12.2 Å². The van der Waals surface area contributed by atoms with E-state index in [-0.39, 0.29) is 12.5 Å². The molecule has 5 nitrogen and oxygen atoms in total. The maximum absolute atomic E-state index is 11.3. The quantitative estimate of drug-likeness (QED) is 0.589. The molecule has 0 aliphatic carbocycles. The average molecular weight is 249 g/mol. The van der Waals surface area contributed by atoms with E-state index < -0.39 is 12.0 Å². The molecule has 0 rings (SSSR count). The second-order valence-corrected chi connectivity index (χ2v) is 4.42. The normalized spacial score (nSPS) is 12.1. The first kappa shape index (κ1) is 15.2. The third kappa shape index (κ3) is 7.53. The summed E-state index contributed by atoms with van der Waals surface area (Å²) in [6.07, 6.45) is 2.16. The van der Waals surface area contributed by atoms with Crippen LogP contribution < -0.4 is 5.32 Å². The highest BCUT2D eigenvalue weighted by Gasteiger charge is 2.19. The van der Waals surface area contributed by atoms with Gasteiger partial charge in [-0.25, -0.2) is 4.79 Å². The number of aliphatic carboxylic acids is 1. The Hall–Kier alpha value is -0.750. The summed E-state index contributed by atoms with van der Waals surface area (Å²) in [5.41, 5.74) is 0. The van der Waals surface area contributed by atoms with Gasteiger partial charge in [-0.3, -0.25) is 4.79 Å². The summed E-state index contributed by atoms with van der Waals surface area (Å²) in [4.78, 5) is 22.0. The van der Waals surface area contributed by atoms with Gasteiger partial charge in [-0.2, -0.15) is 11.8 Å². The van der Waals surface area contributed by atoms with Crippen LogP contribution in [0.15, 0.2) is 0 Å². The number of hydrogen-bond donors (Lipinski definition) is 2. The molecule has 6 heteroatoms. The van der Waals surface area contributed by atoms with Crippen molar-refractivity contribution in [2.45, 2.75) is 25.8 Å². The third-order valence-electron chi connectivity index (χ3n) is 1.84. The van der Waals surface area contributed by atoms with Crippen molar-refractivity contribution in [3.63, 3.8) is 0 Å². The van der Waals surface area contributed by atoms with Crippen LogP contribution in [0.1, 0.15) is 19.8 Å². The number of nitrogens with one attached hydrogen (secondary N) is 1. The molecular formula is C10H19NO4S. The SMILES string of the molecule is CCCCSCC(=O)NC(COC)C(=O)O. The van der Waals surface area contributed by atoms with Gasteiger partial charge in [0, 0.05) is 7.11 Å². The fourth-order valence-corrected chi connectivity index (χ4v) is 1.89. The first-order valence-electron chi connectivity index (χ1n) is 5.20. The molecule has 0 aromatic heterocycles. The molecule has 94 valence electrons. The van der Waals surface area contributed by atoms with Crippen molar-refractivity contribution in [2.75, 3.05) is 25.2 Å². The number of hydrogen-bond acceptors (Lipinski definition) is 4. The van der Waals surface area contributed by atoms with E-state index in [4.69, 9.17) is 9.84 Å². The van der Waals surface area contributed by atoms with Gasteiger partial charge < -0.3 is 15.2 Å². The van der Waals surface area contributed by atoms with Gasteiger partial charge in [0.25, 0.3) is 0 Å². The molecule has 0 aromatic rings. The van der Waals surface area contributed by atoms with E-state index in [1.54, 1.807) is 0 Å². The van der Waals surface area contributed by atoms with Crippen molar-refractivity contribution >= 4 is 23.6 Å². The van der Waals surface area contributed by atoms with Gasteiger partial charge in [-0.15, -0.1) is 0 Å². The fraction of sp³-hybridized carbons (Fsp3) is 0.800. The Labute approximate surface area is 99.9 Å². The minimum Gasteiger partial charge on any atom is -0.480 e. The lowest BCUT2D eigenvalue weighted by atomic mass is 10.3. The van der Waals surface area contributed by atoms with Gasteiger partial charge in [0.05, 0.1) is 12.4 Å². The van der Waals surface area contributed by atoms with Crippen molar-refractivity contribution in [1.29, 1.82) is 0 Å². The van der Waals surface area contributed by atoms with E-state index in [9.17, 15) is 9.59 Å². The van der Waals surface area contributed by atoms with Crippen LogP contribution in [0.5, 0.6) is 0 Å². The topological polar surface area (TPSA) is 75.6 Å². The first-order chi connectivity index (χ1) is 7.61. The van der Waals surface area contributed by atoms with Crippen LogP contribution in [-0.4, -0.2) is 48.2 Å². The van der Waals surface area contributed by atoms with Crippen molar-refractivity contribution in [3.05, 3.63) is 0 Å². The Morgan fingerprint density at radius 3 is 2.69 bits per heavy atom. The van der Waals surface area contributed by atoms with Crippen LogP contribution in [-0.2, 0) is 14.3 Å². The first-order valence-corrected chi connectivity index (χ1v) is 6.36. The Bertz CT molecular complexity index is 223. The number of ether oxygens (including phenoxy) is 1. The Kier molecular flexibility index (Phi) is 9.03. The zero-order valence-electron chi connectivity index (χ0n) is 9.69. The summed E-state index contributed by atoms with van der Waals surface area (Å²) < 4.78 is 4.71. The number of carbonyl (C=O) groups is 2. The third-order valence-corrected chi connectivity index (χ3v) is 2.89. The molecule has 0 spiro atoms. The van der Waals surface area contributed by atoms with E-state index in [0.717, 1.165) is 18.6 Å². The van der Waals surface area contributed by atoms with Crippen molar-refractivity contribution in [1.82, 2.24) is 5.32 Å². The van der Waals surface area contributed by atoms with Gasteiger partial charge in [0.2, 0.25) is 5.91 Å². The van der Waals surface area contributed by atoms with Crippen LogP contribution in [0, 0.1) is 0 Å². The Balaban J connectivity index is 3.77. The molecule has 0 saturated heterocycles. The predicted molar refractivity (Wildman–Crippen MR) is 63.7 cm³/mol. The molecule has 0 saturated carbocycles. The standard InChI is InChI=1S/C10H19NO4S/c1-3-4-5-16-7-9(12)11-8(6-15-2)10(13)14/h8H,3-7H2,1-2H3,(H,11,12)(H,13,14). The predicted octanol–water partition coefficient (Wildman–Crippen LogP) is 0.735. The van der Waals surface area contributed by atoms with Crippen LogP contribution >= 0.6 is 11.8 Å². The highest BCUT2D eigenvalue weighted by atomic mass is 32.2. The smallest absolute Gasteiger partial charge is 0.328 e. The molecule has 0 bridgehead atoms. The second kappa shape index (κ2) is 9.47. The molecule has 0 heterocycles. The van der Waals surface area contributed by atoms with Crippen LogP contribution in [0.3, 0.4) is 0 Å². The lowest BCUT2D eigenvalue weighted by molar-refractivity contribution is -0.142. The number of methoxy groups -OCH3 is 1. The Morgan fingerprint density at radius 1 is 1.50 bits per heavy atom. The summed E-state index contributed by atoms with van der Waals surface area (Å²) in [7, 11) is 1.40. The average Bonchev–Trinajstić information content (AvgIpc) is 2.23. The molecule has 1 atom stereocenters. The monoisotopic (exact) mass is 249 g/mol. The molecule has 1 amide bonds. The maximum atomic E-state index is 11.3. The van der Waals surface area contributed by atoms with Crippen molar-refractivity contribution < 1.29 is 19.4 Å². The minimum absolute atomic E-state index is 0.0132. The molecule has 0 fully saturated rings. The molecule has 0 aromatic carbocycles. The summed E-state index contributed by atoms with van der Waals surface area (Å²) in [6.45, 7) is 2.07. The Morgan fingerprint density at radius 2 is 2.19 bits per heavy atom. The van der Waals surface area contributed by atoms with Crippen LogP contribution in [0.2, 0.25) is 0 Å². The summed E-state index contributed by atoms with van der Waals surface area (Å²) in [5, 5.41) is 11.2. The van der Waals surface area contributed by atoms with Gasteiger partial charge in [-0.1, -0.05) is 13.3 Å². The van der Waals surface area contributed by atoms with E-state index in [1.807, 2.05) is 0 Å². The van der Waals surface area contributed by atoms with Crippen molar-refractivity contribution in [3.8, 4) is 0 Å². The lowest BCUT2D eigenvalue weighted by Gasteiger charge is -2.13. The molecule has 0 aliphatic heterocycles. The van der Waals surface area contributed by atoms with Gasteiger partial charge in [0.1, 0.15) is 0 Å². The van der Waals surface area contributed by atoms with E-state index in [0.29, 0.717) is 5.75 Å². The highest BCUT2D eigenvalue weighted by Crippen LogP contribution is 2.03. The zero-order chi connectivity index (χ0) is 12.4. The number of carboxylic acid groups (broad SMARTS) is 1. The summed E-state index contributed by atoms with van der Waals surface area (Å²) in [5.74, 6) is -0.112. The number of carbonyl (C=O) groups excluding carboxylic acids is 1. The minimum atomic E-state index is -1.08. The number of rotatable bonds is 9. The maximum Gasteiger partial charge on any atom is 0.328 e. The summed E-state index contributed by atoms with van der Waals surface area (Å²) in [6, 6.07) is -0.954. The molecular weight excluding hydrogens is 230 g/mol. The second-order valence-electron chi connectivity index (χ2n) is 3.32. The van der Waals surface area contributed by atoms with Crippen molar-refractivity contribution in [2.24, 2.45) is 0 Å². The number of unbranched alkanes of at least 4 members (excludes halogenated alkanes) is 1. The molecule has 0 aliphatic rings. The largest absolute Gasteiger partial charge is 0.480 e. The highest BCUT2D eigenvalue weighted by molar-refractivity contribution is 7.99. The summed E-state index contributed by atoms with van der Waals surface area (Å²) >= 11 is 1.51. The van der Waals surface area contributed by atoms with Gasteiger partial charge >= 0.3 is 5.97 Å². The molecule has 1 unspecified atom stereocenters. The zero-order valence-corrected chi connectivity index (χ0v) is 10.5. The van der Waals surface area contributed by atoms with Gasteiger partial charge in [-0.05, 0) is 12.2 Å². The molecule has 16 heavy (non-hydrogen) atoms. The lowest BCUT2D eigenvalue weighted by Crippen LogP contribution is -2.44.